The quantitative estimate of drug-likeness (QED) is 0.449. The van der Waals surface area contributed by atoms with E-state index in [2.05, 4.69) is 10.3 Å². The second-order valence-corrected chi connectivity index (χ2v) is 9.00. The van der Waals surface area contributed by atoms with E-state index in [1.165, 1.54) is 0 Å². The molecule has 7 nitrogen and oxygen atoms in total. The molecule has 1 aliphatic heterocycles. The molecule has 3 aromatic carbocycles. The number of benzene rings is 3. The summed E-state index contributed by atoms with van der Waals surface area (Å²) in [6.45, 7) is 1.06. The maximum Gasteiger partial charge on any atom is 0.251 e. The predicted octanol–water partition coefficient (Wildman–Crippen LogP) is 4.34. The van der Waals surface area contributed by atoms with Crippen LogP contribution in [0.2, 0.25) is 0 Å². The largest absolute Gasteiger partial charge is 0.489 e. The first-order valence-corrected chi connectivity index (χ1v) is 11.5. The molecule has 4 aromatic rings. The van der Waals surface area contributed by atoms with Crippen molar-refractivity contribution in [1.29, 1.82) is 0 Å². The highest BCUT2D eigenvalue weighted by Crippen LogP contribution is 2.45. The van der Waals surface area contributed by atoms with Gasteiger partial charge in [-0.25, -0.2) is 0 Å². The Kier molecular flexibility index (Phi) is 4.81. The first kappa shape index (κ1) is 20.7. The SMILES string of the molecule is CNC(=O)c1cccc2cc(Oc3ccnc4cc(OCC5(N)CC5)c5c(c34)CCO5)ccc12. The number of rotatable bonds is 6. The lowest BCUT2D eigenvalue weighted by Crippen LogP contribution is -2.29. The van der Waals surface area contributed by atoms with Crippen LogP contribution in [0.4, 0.5) is 0 Å². The average Bonchev–Trinajstić information content (AvgIpc) is 3.38. The van der Waals surface area contributed by atoms with Gasteiger partial charge >= 0.3 is 0 Å². The molecular weight excluding hydrogens is 430 g/mol. The summed E-state index contributed by atoms with van der Waals surface area (Å²) in [7, 11) is 1.63. The fourth-order valence-electron chi connectivity index (χ4n) is 4.48. The Balaban J connectivity index is 1.38. The number of carbonyl (C=O) groups is 1. The Morgan fingerprint density at radius 1 is 1.18 bits per heavy atom. The monoisotopic (exact) mass is 455 g/mol. The van der Waals surface area contributed by atoms with Gasteiger partial charge in [-0.3, -0.25) is 9.78 Å². The number of fused-ring (bicyclic) bond motifs is 4. The van der Waals surface area contributed by atoms with Crippen LogP contribution in [0, 0.1) is 0 Å². The highest BCUT2D eigenvalue weighted by Gasteiger charge is 2.39. The Morgan fingerprint density at radius 3 is 2.88 bits per heavy atom. The van der Waals surface area contributed by atoms with Crippen molar-refractivity contribution in [3.63, 3.8) is 0 Å². The Bertz CT molecular complexity index is 1450. The van der Waals surface area contributed by atoms with E-state index in [-0.39, 0.29) is 11.4 Å². The van der Waals surface area contributed by atoms with Gasteiger partial charge in [-0.15, -0.1) is 0 Å². The molecule has 34 heavy (non-hydrogen) atoms. The van der Waals surface area contributed by atoms with Crippen LogP contribution in [0.25, 0.3) is 21.7 Å². The van der Waals surface area contributed by atoms with Crippen molar-refractivity contribution in [2.75, 3.05) is 20.3 Å². The Morgan fingerprint density at radius 2 is 2.06 bits per heavy atom. The fourth-order valence-corrected chi connectivity index (χ4v) is 4.48. The van der Waals surface area contributed by atoms with Crippen molar-refractivity contribution >= 4 is 27.6 Å². The summed E-state index contributed by atoms with van der Waals surface area (Å²) in [5.41, 5.74) is 8.46. The minimum Gasteiger partial charge on any atom is -0.489 e. The third-order valence-corrected chi connectivity index (χ3v) is 6.57. The topological polar surface area (TPSA) is 95.7 Å². The molecule has 0 radical (unpaired) electrons. The van der Waals surface area contributed by atoms with Crippen LogP contribution >= 0.6 is 0 Å². The van der Waals surface area contributed by atoms with E-state index in [1.54, 1.807) is 13.2 Å². The molecule has 172 valence electrons. The van der Waals surface area contributed by atoms with Gasteiger partial charge in [0.05, 0.1) is 23.0 Å². The molecule has 2 aliphatic rings. The van der Waals surface area contributed by atoms with Gasteiger partial charge in [0.2, 0.25) is 0 Å². The van der Waals surface area contributed by atoms with Crippen LogP contribution < -0.4 is 25.3 Å². The third kappa shape index (κ3) is 3.58. The smallest absolute Gasteiger partial charge is 0.251 e. The number of nitrogens with one attached hydrogen (secondary N) is 1. The maximum absolute atomic E-state index is 12.2. The standard InChI is InChI=1S/C27H25N3O4/c1-29-26(31)19-4-2-3-16-13-17(5-6-18(16)19)34-22-7-11-30-21-14-23(33-15-27(28)9-10-27)25-20(24(21)22)8-12-32-25/h2-7,11,13-14H,8-10,12,15,28H2,1H3,(H,29,31). The van der Waals surface area contributed by atoms with Crippen molar-refractivity contribution in [3.05, 3.63) is 65.9 Å². The molecule has 0 spiro atoms. The second-order valence-electron chi connectivity index (χ2n) is 9.00. The summed E-state index contributed by atoms with van der Waals surface area (Å²) in [4.78, 5) is 16.8. The molecule has 7 heteroatoms. The molecule has 0 saturated heterocycles. The molecule has 1 aliphatic carbocycles. The Labute approximate surface area is 196 Å². The summed E-state index contributed by atoms with van der Waals surface area (Å²) >= 11 is 0. The molecule has 6 rings (SSSR count). The molecule has 1 saturated carbocycles. The minimum absolute atomic E-state index is 0.116. The lowest BCUT2D eigenvalue weighted by molar-refractivity contribution is 0.0964. The normalized spacial score (nSPS) is 15.6. The lowest BCUT2D eigenvalue weighted by Gasteiger charge is -2.16. The van der Waals surface area contributed by atoms with Gasteiger partial charge in [0, 0.05) is 36.9 Å². The van der Waals surface area contributed by atoms with E-state index in [1.807, 2.05) is 48.5 Å². The van der Waals surface area contributed by atoms with E-state index in [9.17, 15) is 4.79 Å². The molecule has 0 bridgehead atoms. The van der Waals surface area contributed by atoms with Crippen molar-refractivity contribution in [1.82, 2.24) is 10.3 Å². The number of aromatic nitrogens is 1. The number of pyridine rings is 1. The van der Waals surface area contributed by atoms with Gasteiger partial charge in [0.25, 0.3) is 5.91 Å². The minimum atomic E-state index is -0.216. The average molecular weight is 456 g/mol. The number of ether oxygens (including phenoxy) is 3. The van der Waals surface area contributed by atoms with Gasteiger partial charge < -0.3 is 25.3 Å². The number of hydrogen-bond donors (Lipinski definition) is 2. The van der Waals surface area contributed by atoms with E-state index in [0.29, 0.717) is 36.0 Å². The zero-order valence-electron chi connectivity index (χ0n) is 18.9. The van der Waals surface area contributed by atoms with Crippen LogP contribution in [0.15, 0.2) is 54.7 Å². The molecule has 2 heterocycles. The summed E-state index contributed by atoms with van der Waals surface area (Å²) in [5.74, 6) is 2.71. The van der Waals surface area contributed by atoms with E-state index in [0.717, 1.165) is 52.3 Å². The van der Waals surface area contributed by atoms with Crippen LogP contribution in [-0.4, -0.2) is 36.7 Å². The van der Waals surface area contributed by atoms with Crippen molar-refractivity contribution in [2.45, 2.75) is 24.8 Å². The third-order valence-electron chi connectivity index (χ3n) is 6.57. The van der Waals surface area contributed by atoms with Gasteiger partial charge in [-0.2, -0.15) is 0 Å². The number of amides is 1. The number of nitrogens with zero attached hydrogens (tertiary/aromatic N) is 1. The summed E-state index contributed by atoms with van der Waals surface area (Å²) < 4.78 is 18.4. The van der Waals surface area contributed by atoms with Crippen LogP contribution in [0.3, 0.4) is 0 Å². The van der Waals surface area contributed by atoms with E-state index >= 15 is 0 Å². The van der Waals surface area contributed by atoms with Gasteiger partial charge in [-0.05, 0) is 53.9 Å². The van der Waals surface area contributed by atoms with Crippen molar-refractivity contribution in [2.24, 2.45) is 5.73 Å². The zero-order chi connectivity index (χ0) is 23.3. The van der Waals surface area contributed by atoms with Gasteiger partial charge in [-0.1, -0.05) is 12.1 Å². The van der Waals surface area contributed by atoms with Gasteiger partial charge in [0.1, 0.15) is 18.1 Å². The highest BCUT2D eigenvalue weighted by atomic mass is 16.5. The van der Waals surface area contributed by atoms with E-state index in [4.69, 9.17) is 19.9 Å². The first-order valence-electron chi connectivity index (χ1n) is 11.5. The summed E-state index contributed by atoms with van der Waals surface area (Å²) in [5, 5.41) is 5.42. The zero-order valence-corrected chi connectivity index (χ0v) is 18.9. The Hall–Kier alpha value is -3.84. The maximum atomic E-state index is 12.2. The second kappa shape index (κ2) is 7.88. The molecule has 1 amide bonds. The lowest BCUT2D eigenvalue weighted by atomic mass is 10.0. The fraction of sp³-hybridized carbons (Fsp3) is 0.259. The molecule has 0 atom stereocenters. The molecule has 0 unspecified atom stereocenters. The van der Waals surface area contributed by atoms with Crippen LogP contribution in [0.1, 0.15) is 28.8 Å². The van der Waals surface area contributed by atoms with Gasteiger partial charge in [0.15, 0.2) is 11.5 Å². The van der Waals surface area contributed by atoms with E-state index < -0.39 is 0 Å². The summed E-state index contributed by atoms with van der Waals surface area (Å²) in [6, 6.07) is 15.2. The molecular formula is C27H25N3O4. The van der Waals surface area contributed by atoms with Crippen LogP contribution in [-0.2, 0) is 6.42 Å². The van der Waals surface area contributed by atoms with Crippen LogP contribution in [0.5, 0.6) is 23.0 Å². The number of nitrogens with two attached hydrogens (primary N) is 1. The van der Waals surface area contributed by atoms with Crippen molar-refractivity contribution < 1.29 is 19.0 Å². The molecule has 3 N–H and O–H groups in total. The molecule has 1 fully saturated rings. The first-order chi connectivity index (χ1) is 16.5. The number of carbonyl (C=O) groups excluding carboxylic acids is 1. The summed E-state index contributed by atoms with van der Waals surface area (Å²) in [6.07, 6.45) is 4.46. The highest BCUT2D eigenvalue weighted by molar-refractivity contribution is 6.07. The number of hydrogen-bond acceptors (Lipinski definition) is 6. The molecule has 1 aromatic heterocycles. The predicted molar refractivity (Wildman–Crippen MR) is 130 cm³/mol. The van der Waals surface area contributed by atoms with Crippen molar-refractivity contribution in [3.8, 4) is 23.0 Å².